The highest BCUT2D eigenvalue weighted by Gasteiger charge is 2.46. The van der Waals surface area contributed by atoms with Gasteiger partial charge in [0.2, 0.25) is 0 Å². The molecule has 160 valence electrons. The van der Waals surface area contributed by atoms with Gasteiger partial charge in [-0.05, 0) is 60.1 Å². The number of phenols is 1. The quantitative estimate of drug-likeness (QED) is 0.621. The summed E-state index contributed by atoms with van der Waals surface area (Å²) < 4.78 is 39.0. The molecule has 1 saturated heterocycles. The Morgan fingerprint density at radius 2 is 1.60 bits per heavy atom. The van der Waals surface area contributed by atoms with E-state index in [0.717, 1.165) is 33.9 Å². The van der Waals surface area contributed by atoms with Crippen LogP contribution >= 0.6 is 11.8 Å². The molecule has 0 spiro atoms. The molecule has 0 aliphatic carbocycles. The number of nitrogens with zero attached hydrogens (tertiary/aromatic N) is 1. The third-order valence-electron chi connectivity index (χ3n) is 5.97. The predicted octanol–water partition coefficient (Wildman–Crippen LogP) is 5.17. The Kier molecular flexibility index (Phi) is 5.50. The standard InChI is InChI=1S/C22H24F3N3OS/c1-12-18(14-4-8-16(9-5-14)22(23,24)25)26-20-13(2)21(30-3)27-28(20)19(12)15-6-10-17(29)11-7-15/h4-12,18-20,26-27,29H,1-3H3. The first-order valence-corrected chi connectivity index (χ1v) is 10.9. The van der Waals surface area contributed by atoms with Crippen LogP contribution in [0.4, 0.5) is 13.2 Å². The number of hydrogen-bond acceptors (Lipinski definition) is 5. The summed E-state index contributed by atoms with van der Waals surface area (Å²) in [6, 6.07) is 12.4. The number of rotatable bonds is 3. The highest BCUT2D eigenvalue weighted by Crippen LogP contribution is 2.45. The zero-order valence-corrected chi connectivity index (χ0v) is 17.7. The van der Waals surface area contributed by atoms with Crippen molar-refractivity contribution in [3.05, 3.63) is 75.8 Å². The van der Waals surface area contributed by atoms with Crippen molar-refractivity contribution < 1.29 is 18.3 Å². The number of hydrazine groups is 1. The second-order valence-corrected chi connectivity index (χ2v) is 8.61. The summed E-state index contributed by atoms with van der Waals surface area (Å²) >= 11 is 1.63. The first kappa shape index (κ1) is 21.1. The van der Waals surface area contributed by atoms with E-state index in [1.165, 1.54) is 0 Å². The second kappa shape index (κ2) is 7.83. The summed E-state index contributed by atoms with van der Waals surface area (Å²) in [5.74, 6) is 0.244. The predicted molar refractivity (Wildman–Crippen MR) is 112 cm³/mol. The molecule has 2 aromatic carbocycles. The van der Waals surface area contributed by atoms with Crippen LogP contribution in [0, 0.1) is 5.92 Å². The van der Waals surface area contributed by atoms with Gasteiger partial charge < -0.3 is 10.5 Å². The molecule has 0 saturated carbocycles. The lowest BCUT2D eigenvalue weighted by atomic mass is 9.81. The molecule has 3 N–H and O–H groups in total. The number of fused-ring (bicyclic) bond motifs is 1. The minimum absolute atomic E-state index is 0.0382. The topological polar surface area (TPSA) is 47.5 Å². The maximum absolute atomic E-state index is 13.0. The van der Waals surface area contributed by atoms with Gasteiger partial charge in [-0.2, -0.15) is 18.2 Å². The van der Waals surface area contributed by atoms with Crippen LogP contribution in [-0.2, 0) is 6.18 Å². The molecule has 2 aliphatic heterocycles. The van der Waals surface area contributed by atoms with Crippen molar-refractivity contribution in [1.29, 1.82) is 0 Å². The minimum Gasteiger partial charge on any atom is -0.508 e. The van der Waals surface area contributed by atoms with Gasteiger partial charge in [0, 0.05) is 6.04 Å². The number of nitrogens with one attached hydrogen (secondary N) is 2. The van der Waals surface area contributed by atoms with E-state index in [0.29, 0.717) is 0 Å². The lowest BCUT2D eigenvalue weighted by Gasteiger charge is -2.47. The monoisotopic (exact) mass is 435 g/mol. The van der Waals surface area contributed by atoms with Crippen LogP contribution < -0.4 is 10.7 Å². The zero-order valence-electron chi connectivity index (χ0n) is 16.9. The van der Waals surface area contributed by atoms with Crippen molar-refractivity contribution in [2.45, 2.75) is 38.3 Å². The Labute approximate surface area is 178 Å². The van der Waals surface area contributed by atoms with Crippen LogP contribution in [0.5, 0.6) is 5.75 Å². The van der Waals surface area contributed by atoms with Crippen LogP contribution in [-0.4, -0.2) is 22.5 Å². The van der Waals surface area contributed by atoms with E-state index in [2.05, 4.69) is 29.6 Å². The minimum atomic E-state index is -4.35. The Morgan fingerprint density at radius 3 is 2.17 bits per heavy atom. The van der Waals surface area contributed by atoms with Crippen molar-refractivity contribution in [1.82, 2.24) is 15.8 Å². The Bertz CT molecular complexity index is 944. The number of alkyl halides is 3. The maximum atomic E-state index is 13.0. The third kappa shape index (κ3) is 3.68. The molecule has 0 radical (unpaired) electrons. The lowest BCUT2D eigenvalue weighted by molar-refractivity contribution is -0.137. The summed E-state index contributed by atoms with van der Waals surface area (Å²) in [5, 5.41) is 16.6. The summed E-state index contributed by atoms with van der Waals surface area (Å²) in [7, 11) is 0. The van der Waals surface area contributed by atoms with Gasteiger partial charge in [0.15, 0.2) is 0 Å². The fourth-order valence-electron chi connectivity index (χ4n) is 4.42. The fourth-order valence-corrected chi connectivity index (χ4v) is 5.05. The van der Waals surface area contributed by atoms with Crippen LogP contribution in [0.25, 0.3) is 0 Å². The van der Waals surface area contributed by atoms with Crippen LogP contribution in [0.2, 0.25) is 0 Å². The molecule has 1 fully saturated rings. The third-order valence-corrected chi connectivity index (χ3v) is 6.80. The maximum Gasteiger partial charge on any atom is 0.416 e. The van der Waals surface area contributed by atoms with Crippen LogP contribution in [0.15, 0.2) is 59.1 Å². The van der Waals surface area contributed by atoms with E-state index in [1.807, 2.05) is 18.4 Å². The van der Waals surface area contributed by atoms with Gasteiger partial charge in [-0.3, -0.25) is 5.32 Å². The molecule has 4 atom stereocenters. The normalized spacial score (nSPS) is 27.1. The largest absolute Gasteiger partial charge is 0.508 e. The van der Waals surface area contributed by atoms with Gasteiger partial charge in [-0.1, -0.05) is 31.2 Å². The Balaban J connectivity index is 1.73. The van der Waals surface area contributed by atoms with E-state index in [1.54, 1.807) is 36.0 Å². The molecule has 0 aromatic heterocycles. The molecule has 0 amide bonds. The molecule has 30 heavy (non-hydrogen) atoms. The van der Waals surface area contributed by atoms with Gasteiger partial charge in [-0.25, -0.2) is 0 Å². The zero-order chi connectivity index (χ0) is 21.6. The average molecular weight is 436 g/mol. The Morgan fingerprint density at radius 1 is 1.00 bits per heavy atom. The number of benzene rings is 2. The molecule has 4 rings (SSSR count). The number of phenolic OH excluding ortho intramolecular Hbond substituents is 1. The van der Waals surface area contributed by atoms with E-state index in [4.69, 9.17) is 0 Å². The second-order valence-electron chi connectivity index (χ2n) is 7.80. The van der Waals surface area contributed by atoms with Gasteiger partial charge in [0.05, 0.1) is 16.6 Å². The number of aromatic hydroxyl groups is 1. The lowest BCUT2D eigenvalue weighted by Crippen LogP contribution is -2.58. The molecule has 2 aromatic rings. The van der Waals surface area contributed by atoms with Gasteiger partial charge >= 0.3 is 6.18 Å². The van der Waals surface area contributed by atoms with Crippen molar-refractivity contribution >= 4 is 11.8 Å². The average Bonchev–Trinajstić information content (AvgIpc) is 3.03. The Hall–Kier alpha value is -2.16. The molecular weight excluding hydrogens is 411 g/mol. The van der Waals surface area contributed by atoms with E-state index >= 15 is 0 Å². The van der Waals surface area contributed by atoms with Gasteiger partial charge in [0.1, 0.15) is 11.9 Å². The SMILES string of the molecule is CSC1=C(C)C2NC(c3ccc(C(F)(F)F)cc3)C(C)C(c3ccc(O)cc3)N2N1. The van der Waals surface area contributed by atoms with Gasteiger partial charge in [0.25, 0.3) is 0 Å². The first-order valence-electron chi connectivity index (χ1n) is 9.72. The van der Waals surface area contributed by atoms with Crippen molar-refractivity contribution in [3.63, 3.8) is 0 Å². The molecule has 2 heterocycles. The van der Waals surface area contributed by atoms with Crippen LogP contribution in [0.3, 0.4) is 0 Å². The van der Waals surface area contributed by atoms with Crippen molar-refractivity contribution in [3.8, 4) is 5.75 Å². The molecule has 4 nitrogen and oxygen atoms in total. The van der Waals surface area contributed by atoms with Gasteiger partial charge in [-0.15, -0.1) is 11.8 Å². The summed E-state index contributed by atoms with van der Waals surface area (Å²) in [6.45, 7) is 4.15. The summed E-state index contributed by atoms with van der Waals surface area (Å²) in [4.78, 5) is 0. The van der Waals surface area contributed by atoms with E-state index in [-0.39, 0.29) is 29.9 Å². The molecule has 0 bridgehead atoms. The number of thioether (sulfide) groups is 1. The van der Waals surface area contributed by atoms with Crippen molar-refractivity contribution in [2.24, 2.45) is 5.92 Å². The molecule has 4 unspecified atom stereocenters. The highest BCUT2D eigenvalue weighted by molar-refractivity contribution is 8.02. The highest BCUT2D eigenvalue weighted by atomic mass is 32.2. The van der Waals surface area contributed by atoms with Crippen molar-refractivity contribution in [2.75, 3.05) is 6.26 Å². The summed E-state index contributed by atoms with van der Waals surface area (Å²) in [5.41, 5.74) is 5.85. The first-order chi connectivity index (χ1) is 14.2. The van der Waals surface area contributed by atoms with E-state index in [9.17, 15) is 18.3 Å². The molecule has 8 heteroatoms. The molecule has 2 aliphatic rings. The smallest absolute Gasteiger partial charge is 0.416 e. The summed E-state index contributed by atoms with van der Waals surface area (Å²) in [6.07, 6.45) is -2.43. The fraction of sp³-hybridized carbons (Fsp3) is 0.364. The number of halogens is 3. The van der Waals surface area contributed by atoms with Crippen LogP contribution in [0.1, 0.15) is 42.6 Å². The molecular formula is C22H24F3N3OS. The van der Waals surface area contributed by atoms with E-state index < -0.39 is 11.7 Å². The number of hydrogen-bond donors (Lipinski definition) is 3.